The highest BCUT2D eigenvalue weighted by atomic mass is 16.2. The second-order valence-corrected chi connectivity index (χ2v) is 6.08. The molecule has 0 fully saturated rings. The minimum atomic E-state index is 0.0366. The lowest BCUT2D eigenvalue weighted by Crippen LogP contribution is -2.39. The molecular weight excluding hydrogens is 298 g/mol. The molecule has 3 rings (SSSR count). The van der Waals surface area contributed by atoms with Gasteiger partial charge < -0.3 is 15.6 Å². The Hall–Kier alpha value is -2.59. The van der Waals surface area contributed by atoms with E-state index in [4.69, 9.17) is 5.73 Å². The van der Waals surface area contributed by atoms with E-state index in [2.05, 4.69) is 17.1 Å². The van der Waals surface area contributed by atoms with E-state index in [1.54, 1.807) is 0 Å². The van der Waals surface area contributed by atoms with E-state index in [1.807, 2.05) is 60.6 Å². The monoisotopic (exact) mass is 321 g/mol. The van der Waals surface area contributed by atoms with Crippen molar-refractivity contribution in [2.24, 2.45) is 5.73 Å². The van der Waals surface area contributed by atoms with Crippen LogP contribution < -0.4 is 5.73 Å². The fourth-order valence-electron chi connectivity index (χ4n) is 3.14. The van der Waals surface area contributed by atoms with Gasteiger partial charge in [-0.2, -0.15) is 0 Å². The van der Waals surface area contributed by atoms with Crippen LogP contribution in [0, 0.1) is 0 Å². The first-order chi connectivity index (χ1) is 11.7. The fraction of sp³-hybridized carbons (Fsp3) is 0.250. The predicted octanol–water partition coefficient (Wildman–Crippen LogP) is 3.20. The number of fused-ring (bicyclic) bond motifs is 1. The molecule has 4 heteroatoms. The third-order valence-corrected chi connectivity index (χ3v) is 4.51. The van der Waals surface area contributed by atoms with Gasteiger partial charge in [-0.1, -0.05) is 36.4 Å². The highest BCUT2D eigenvalue weighted by Crippen LogP contribution is 2.21. The van der Waals surface area contributed by atoms with E-state index in [0.29, 0.717) is 6.54 Å². The second-order valence-electron chi connectivity index (χ2n) is 6.08. The van der Waals surface area contributed by atoms with Gasteiger partial charge in [-0.15, -0.1) is 0 Å². The quantitative estimate of drug-likeness (QED) is 0.732. The number of nitrogens with two attached hydrogens (primary N) is 1. The van der Waals surface area contributed by atoms with E-state index in [1.165, 1.54) is 5.56 Å². The van der Waals surface area contributed by atoms with Crippen molar-refractivity contribution in [2.75, 3.05) is 13.6 Å². The number of amides is 1. The van der Waals surface area contributed by atoms with Gasteiger partial charge in [0.1, 0.15) is 0 Å². The van der Waals surface area contributed by atoms with Crippen LogP contribution in [0.1, 0.15) is 22.3 Å². The van der Waals surface area contributed by atoms with Crippen LogP contribution in [-0.2, 0) is 6.42 Å². The third-order valence-electron chi connectivity index (χ3n) is 4.51. The zero-order valence-corrected chi connectivity index (χ0v) is 13.9. The number of nitrogens with one attached hydrogen (secondary N) is 1. The SMILES string of the molecule is CN(C(=O)c1cccc2[nH]ccc12)C(CCN)Cc1ccccc1. The average molecular weight is 321 g/mol. The number of aromatic amines is 1. The van der Waals surface area contributed by atoms with Crippen molar-refractivity contribution in [3.05, 3.63) is 71.9 Å². The molecule has 2 aromatic carbocycles. The summed E-state index contributed by atoms with van der Waals surface area (Å²) in [6.07, 6.45) is 3.45. The molecular formula is C20H23N3O. The number of benzene rings is 2. The van der Waals surface area contributed by atoms with E-state index in [-0.39, 0.29) is 11.9 Å². The van der Waals surface area contributed by atoms with Crippen LogP contribution in [0.15, 0.2) is 60.8 Å². The van der Waals surface area contributed by atoms with Gasteiger partial charge in [0.25, 0.3) is 5.91 Å². The number of likely N-dealkylation sites (N-methyl/N-ethyl adjacent to an activating group) is 1. The van der Waals surface area contributed by atoms with Gasteiger partial charge in [-0.3, -0.25) is 4.79 Å². The topological polar surface area (TPSA) is 62.1 Å². The number of hydrogen-bond acceptors (Lipinski definition) is 2. The lowest BCUT2D eigenvalue weighted by atomic mass is 10.0. The highest BCUT2D eigenvalue weighted by molar-refractivity contribution is 6.06. The first-order valence-corrected chi connectivity index (χ1v) is 8.28. The van der Waals surface area contributed by atoms with E-state index in [0.717, 1.165) is 29.3 Å². The first kappa shape index (κ1) is 16.3. The Morgan fingerprint density at radius 2 is 1.92 bits per heavy atom. The molecule has 0 saturated carbocycles. The van der Waals surface area contributed by atoms with Gasteiger partial charge in [0.05, 0.1) is 0 Å². The number of hydrogen-bond donors (Lipinski definition) is 2. The summed E-state index contributed by atoms with van der Waals surface area (Å²) in [5.41, 5.74) is 8.72. The summed E-state index contributed by atoms with van der Waals surface area (Å²) in [5, 5.41) is 0.959. The molecule has 3 N–H and O–H groups in total. The average Bonchev–Trinajstić information content (AvgIpc) is 3.10. The number of carbonyl (C=O) groups is 1. The summed E-state index contributed by atoms with van der Waals surface area (Å²) in [4.78, 5) is 18.0. The van der Waals surface area contributed by atoms with Crippen LogP contribution in [0.25, 0.3) is 10.9 Å². The Balaban J connectivity index is 1.85. The fourth-order valence-corrected chi connectivity index (χ4v) is 3.14. The number of aromatic nitrogens is 1. The summed E-state index contributed by atoms with van der Waals surface area (Å²) < 4.78 is 0. The van der Waals surface area contributed by atoms with Crippen molar-refractivity contribution in [1.29, 1.82) is 0 Å². The normalized spacial score (nSPS) is 12.2. The molecule has 0 saturated heterocycles. The molecule has 1 aromatic heterocycles. The second kappa shape index (κ2) is 7.32. The molecule has 0 bridgehead atoms. The van der Waals surface area contributed by atoms with Crippen molar-refractivity contribution >= 4 is 16.8 Å². The first-order valence-electron chi connectivity index (χ1n) is 8.28. The predicted molar refractivity (Wildman–Crippen MR) is 98.0 cm³/mol. The summed E-state index contributed by atoms with van der Waals surface area (Å²) >= 11 is 0. The molecule has 1 atom stereocenters. The smallest absolute Gasteiger partial charge is 0.254 e. The zero-order valence-electron chi connectivity index (χ0n) is 13.9. The Kier molecular flexibility index (Phi) is 4.96. The molecule has 1 amide bonds. The molecule has 0 aliphatic rings. The lowest BCUT2D eigenvalue weighted by Gasteiger charge is -2.28. The van der Waals surface area contributed by atoms with Gasteiger partial charge in [-0.05, 0) is 43.1 Å². The Labute approximate surface area is 142 Å². The molecule has 0 spiro atoms. The number of nitrogens with zero attached hydrogens (tertiary/aromatic N) is 1. The minimum Gasteiger partial charge on any atom is -0.361 e. The minimum absolute atomic E-state index is 0.0366. The summed E-state index contributed by atoms with van der Waals surface area (Å²) in [7, 11) is 1.87. The highest BCUT2D eigenvalue weighted by Gasteiger charge is 2.22. The van der Waals surface area contributed by atoms with Gasteiger partial charge in [0.15, 0.2) is 0 Å². The number of H-pyrrole nitrogens is 1. The van der Waals surface area contributed by atoms with Crippen LogP contribution >= 0.6 is 0 Å². The molecule has 24 heavy (non-hydrogen) atoms. The van der Waals surface area contributed by atoms with Crippen molar-refractivity contribution in [3.8, 4) is 0 Å². The molecule has 124 valence electrons. The molecule has 0 aliphatic carbocycles. The Bertz CT molecular complexity index is 810. The lowest BCUT2D eigenvalue weighted by molar-refractivity contribution is 0.0727. The van der Waals surface area contributed by atoms with Crippen LogP contribution in [0.2, 0.25) is 0 Å². The van der Waals surface area contributed by atoms with Crippen LogP contribution in [0.3, 0.4) is 0 Å². The molecule has 4 nitrogen and oxygen atoms in total. The summed E-state index contributed by atoms with van der Waals surface area (Å²) in [6.45, 7) is 0.559. The maximum absolute atomic E-state index is 13.0. The van der Waals surface area contributed by atoms with E-state index in [9.17, 15) is 4.79 Å². The van der Waals surface area contributed by atoms with Crippen LogP contribution in [0.4, 0.5) is 0 Å². The Morgan fingerprint density at radius 1 is 1.12 bits per heavy atom. The van der Waals surface area contributed by atoms with Gasteiger partial charge in [0, 0.05) is 35.8 Å². The maximum atomic E-state index is 13.0. The van der Waals surface area contributed by atoms with Crippen LogP contribution in [-0.4, -0.2) is 35.4 Å². The van der Waals surface area contributed by atoms with Crippen molar-refractivity contribution < 1.29 is 4.79 Å². The standard InChI is InChI=1S/C20H23N3O/c1-23(16(10-12-21)14-15-6-3-2-4-7-15)20(24)18-8-5-9-19-17(18)11-13-22-19/h2-9,11,13,16,22H,10,12,14,21H2,1H3. The zero-order chi connectivity index (χ0) is 16.9. The largest absolute Gasteiger partial charge is 0.361 e. The molecule has 1 unspecified atom stereocenters. The van der Waals surface area contributed by atoms with Gasteiger partial charge >= 0.3 is 0 Å². The van der Waals surface area contributed by atoms with Crippen molar-refractivity contribution in [1.82, 2.24) is 9.88 Å². The van der Waals surface area contributed by atoms with E-state index < -0.39 is 0 Å². The molecule has 1 heterocycles. The summed E-state index contributed by atoms with van der Waals surface area (Å²) in [6, 6.07) is 18.0. The number of rotatable bonds is 6. The van der Waals surface area contributed by atoms with E-state index >= 15 is 0 Å². The van der Waals surface area contributed by atoms with Crippen molar-refractivity contribution in [2.45, 2.75) is 18.9 Å². The maximum Gasteiger partial charge on any atom is 0.254 e. The van der Waals surface area contributed by atoms with Crippen molar-refractivity contribution in [3.63, 3.8) is 0 Å². The van der Waals surface area contributed by atoms with Gasteiger partial charge in [-0.25, -0.2) is 0 Å². The van der Waals surface area contributed by atoms with Crippen LogP contribution in [0.5, 0.6) is 0 Å². The molecule has 3 aromatic rings. The molecule has 0 radical (unpaired) electrons. The Morgan fingerprint density at radius 3 is 2.67 bits per heavy atom. The summed E-state index contributed by atoms with van der Waals surface area (Å²) in [5.74, 6) is 0.0366. The molecule has 0 aliphatic heterocycles. The third kappa shape index (κ3) is 3.34. The van der Waals surface area contributed by atoms with Gasteiger partial charge in [0.2, 0.25) is 0 Å². The number of carbonyl (C=O) groups excluding carboxylic acids is 1.